The minimum Gasteiger partial charge on any atom is -0.545 e. The molecule has 0 saturated carbocycles. The Morgan fingerprint density at radius 3 is 1.27 bits per heavy atom. The summed E-state index contributed by atoms with van der Waals surface area (Å²) in [5.41, 5.74) is -0.341. The molecule has 0 heterocycles. The van der Waals surface area contributed by atoms with Crippen LogP contribution in [0.1, 0.15) is 104 Å². The predicted octanol–water partition coefficient (Wildman–Crippen LogP) is -2.71. The molecule has 0 amide bonds. The first-order chi connectivity index (χ1) is 11.5. The summed E-state index contributed by atoms with van der Waals surface area (Å²) in [4.78, 5) is 21.7. The minimum atomic E-state index is -1.43. The van der Waals surface area contributed by atoms with E-state index in [2.05, 4.69) is 6.92 Å². The van der Waals surface area contributed by atoms with E-state index in [1.54, 1.807) is 0 Å². The molecule has 0 atom stereocenters. The number of carbonyl (C=O) groups is 2. The molecule has 0 unspecified atom stereocenters. The van der Waals surface area contributed by atoms with Gasteiger partial charge in [0.1, 0.15) is 0 Å². The monoisotopic (exact) mass is 384 g/mol. The van der Waals surface area contributed by atoms with Gasteiger partial charge in [0.25, 0.3) is 0 Å². The number of carboxylic acid groups (broad SMARTS) is 2. The van der Waals surface area contributed by atoms with E-state index in [4.69, 9.17) is 0 Å². The van der Waals surface area contributed by atoms with Crippen molar-refractivity contribution in [2.75, 3.05) is 0 Å². The van der Waals surface area contributed by atoms with Crippen molar-refractivity contribution in [3.63, 3.8) is 0 Å². The van der Waals surface area contributed by atoms with Crippen molar-refractivity contribution in [2.24, 2.45) is 0 Å². The SMILES string of the molecule is CCCCCCCCCCCCCCC/C(C(=O)[O-])=C(\C)C(=O)[O-].[Na+].[Na+]. The first-order valence-electron chi connectivity index (χ1n) is 9.63. The maximum Gasteiger partial charge on any atom is 1.00 e. The van der Waals surface area contributed by atoms with Crippen LogP contribution in [0.4, 0.5) is 0 Å². The van der Waals surface area contributed by atoms with Crippen LogP contribution in [0.2, 0.25) is 0 Å². The van der Waals surface area contributed by atoms with Gasteiger partial charge in [-0.1, -0.05) is 84.0 Å². The van der Waals surface area contributed by atoms with Crippen LogP contribution in [0.25, 0.3) is 0 Å². The summed E-state index contributed by atoms with van der Waals surface area (Å²) in [5.74, 6) is -2.82. The molecule has 0 spiro atoms. The van der Waals surface area contributed by atoms with Crippen molar-refractivity contribution in [3.8, 4) is 0 Å². The Balaban J connectivity index is -0.00000264. The third kappa shape index (κ3) is 18.1. The van der Waals surface area contributed by atoms with Gasteiger partial charge in [0, 0.05) is 0 Å². The van der Waals surface area contributed by atoms with Crippen LogP contribution in [-0.2, 0) is 9.59 Å². The molecular formula is C20H34Na2O4. The van der Waals surface area contributed by atoms with Gasteiger partial charge < -0.3 is 19.8 Å². The second kappa shape index (κ2) is 22.0. The molecule has 0 N–H and O–H groups in total. The van der Waals surface area contributed by atoms with E-state index in [1.807, 2.05) is 0 Å². The molecule has 0 aliphatic rings. The fourth-order valence-electron chi connectivity index (χ4n) is 2.89. The van der Waals surface area contributed by atoms with E-state index < -0.39 is 11.9 Å². The quantitative estimate of drug-likeness (QED) is 0.165. The van der Waals surface area contributed by atoms with Gasteiger partial charge in [-0.05, 0) is 30.9 Å². The first-order valence-corrected chi connectivity index (χ1v) is 9.63. The van der Waals surface area contributed by atoms with E-state index in [9.17, 15) is 19.8 Å². The van der Waals surface area contributed by atoms with E-state index in [-0.39, 0.29) is 76.7 Å². The summed E-state index contributed by atoms with van der Waals surface area (Å²) in [5, 5.41) is 21.7. The van der Waals surface area contributed by atoms with Crippen molar-refractivity contribution in [3.05, 3.63) is 11.1 Å². The molecule has 0 saturated heterocycles. The molecule has 0 fully saturated rings. The third-order valence-electron chi connectivity index (χ3n) is 4.54. The van der Waals surface area contributed by atoms with Crippen LogP contribution < -0.4 is 69.3 Å². The van der Waals surface area contributed by atoms with Crippen molar-refractivity contribution < 1.29 is 78.9 Å². The second-order valence-corrected chi connectivity index (χ2v) is 6.67. The number of rotatable bonds is 16. The van der Waals surface area contributed by atoms with Gasteiger partial charge in [-0.25, -0.2) is 0 Å². The standard InChI is InChI=1S/C20H36O4.2Na/c1-3-4-5-6-7-8-9-10-11-12-13-14-15-16-18(20(23)24)17(2)19(21)22;;/h3-16H2,1-2H3,(H,21,22)(H,23,24);;/q;2*+1/p-2/b18-17-;;. The molecule has 4 nitrogen and oxygen atoms in total. The molecule has 6 heteroatoms. The van der Waals surface area contributed by atoms with Crippen LogP contribution in [0.3, 0.4) is 0 Å². The summed E-state index contributed by atoms with van der Waals surface area (Å²) in [6.45, 7) is 3.50. The Morgan fingerprint density at radius 1 is 0.615 bits per heavy atom. The summed E-state index contributed by atoms with van der Waals surface area (Å²) < 4.78 is 0. The summed E-state index contributed by atoms with van der Waals surface area (Å²) in [7, 11) is 0. The van der Waals surface area contributed by atoms with Gasteiger partial charge in [-0.3, -0.25) is 0 Å². The third-order valence-corrected chi connectivity index (χ3v) is 4.54. The molecule has 0 rings (SSSR count). The van der Waals surface area contributed by atoms with Crippen molar-refractivity contribution in [1.82, 2.24) is 0 Å². The van der Waals surface area contributed by atoms with Crippen molar-refractivity contribution >= 4 is 11.9 Å². The van der Waals surface area contributed by atoms with E-state index >= 15 is 0 Å². The molecular weight excluding hydrogens is 350 g/mol. The average Bonchev–Trinajstić information content (AvgIpc) is 2.54. The molecule has 0 aromatic carbocycles. The summed E-state index contributed by atoms with van der Waals surface area (Å²) in [6, 6.07) is 0. The zero-order chi connectivity index (χ0) is 18.2. The number of unbranched alkanes of at least 4 members (excludes halogenated alkanes) is 12. The van der Waals surface area contributed by atoms with Crippen LogP contribution in [0.15, 0.2) is 11.1 Å². The molecule has 0 radical (unpaired) electrons. The van der Waals surface area contributed by atoms with Gasteiger partial charge in [0.05, 0.1) is 11.9 Å². The Bertz CT molecular complexity index is 395. The Hall–Kier alpha value is 0.680. The van der Waals surface area contributed by atoms with Crippen LogP contribution in [0, 0.1) is 0 Å². The van der Waals surface area contributed by atoms with Crippen LogP contribution >= 0.6 is 0 Å². The van der Waals surface area contributed by atoms with Crippen molar-refractivity contribution in [1.29, 1.82) is 0 Å². The number of aliphatic carboxylic acids is 2. The second-order valence-electron chi connectivity index (χ2n) is 6.67. The molecule has 0 bridgehead atoms. The molecule has 0 aliphatic heterocycles. The van der Waals surface area contributed by atoms with Crippen LogP contribution in [-0.4, -0.2) is 11.9 Å². The molecule has 0 aliphatic carbocycles. The molecule has 0 aromatic heterocycles. The fourth-order valence-corrected chi connectivity index (χ4v) is 2.89. The Kier molecular flexibility index (Phi) is 26.5. The van der Waals surface area contributed by atoms with Gasteiger partial charge in [0.15, 0.2) is 0 Å². The van der Waals surface area contributed by atoms with Gasteiger partial charge in [-0.2, -0.15) is 0 Å². The molecule has 140 valence electrons. The van der Waals surface area contributed by atoms with E-state index in [1.165, 1.54) is 71.1 Å². The van der Waals surface area contributed by atoms with Gasteiger partial charge >= 0.3 is 59.1 Å². The largest absolute Gasteiger partial charge is 1.00 e. The van der Waals surface area contributed by atoms with Crippen molar-refractivity contribution in [2.45, 2.75) is 104 Å². The number of hydrogen-bond donors (Lipinski definition) is 0. The van der Waals surface area contributed by atoms with Gasteiger partial charge in [-0.15, -0.1) is 0 Å². The number of carboxylic acids is 2. The normalized spacial score (nSPS) is 11.2. The Labute approximate surface area is 204 Å². The summed E-state index contributed by atoms with van der Waals surface area (Å²) >= 11 is 0. The topological polar surface area (TPSA) is 80.3 Å². The first kappa shape index (κ1) is 31.4. The number of hydrogen-bond acceptors (Lipinski definition) is 4. The van der Waals surface area contributed by atoms with Crippen LogP contribution in [0.5, 0.6) is 0 Å². The number of carbonyl (C=O) groups excluding carboxylic acids is 2. The van der Waals surface area contributed by atoms with E-state index in [0.717, 1.165) is 12.8 Å². The maximum atomic E-state index is 10.9. The maximum absolute atomic E-state index is 10.9. The molecule has 0 aromatic rings. The fraction of sp³-hybridized carbons (Fsp3) is 0.800. The average molecular weight is 384 g/mol. The summed E-state index contributed by atoms with van der Waals surface area (Å²) in [6.07, 6.45) is 16.0. The zero-order valence-electron chi connectivity index (χ0n) is 17.5. The Morgan fingerprint density at radius 2 is 0.962 bits per heavy atom. The van der Waals surface area contributed by atoms with Gasteiger partial charge in [0.2, 0.25) is 0 Å². The zero-order valence-corrected chi connectivity index (χ0v) is 21.5. The minimum absolute atomic E-state index is 0. The molecule has 26 heavy (non-hydrogen) atoms. The smallest absolute Gasteiger partial charge is 0.545 e. The van der Waals surface area contributed by atoms with E-state index in [0.29, 0.717) is 6.42 Å². The predicted molar refractivity (Wildman–Crippen MR) is 93.0 cm³/mol.